The monoisotopic (exact) mass is 1010 g/mol. The molecule has 0 aliphatic rings. The molecule has 0 rings (SSSR count). The first-order valence-corrected chi connectivity index (χ1v) is 30.7. The van der Waals surface area contributed by atoms with E-state index in [2.05, 4.69) is 106 Å². The number of rotatable bonds is 55. The lowest BCUT2D eigenvalue weighted by atomic mass is 10.0. The van der Waals surface area contributed by atoms with Gasteiger partial charge in [-0.1, -0.05) is 266 Å². The van der Waals surface area contributed by atoms with Crippen LogP contribution in [-0.4, -0.2) is 37.2 Å². The van der Waals surface area contributed by atoms with E-state index in [0.29, 0.717) is 12.8 Å². The lowest BCUT2D eigenvalue weighted by Gasteiger charge is -2.18. The van der Waals surface area contributed by atoms with Gasteiger partial charge in [0, 0.05) is 12.8 Å². The van der Waals surface area contributed by atoms with Crippen molar-refractivity contribution < 1.29 is 28.6 Å². The molecule has 0 aromatic heterocycles. The Hall–Kier alpha value is -3.67. The molecular weight excluding hydrogens is 901 g/mol. The predicted molar refractivity (Wildman–Crippen MR) is 316 cm³/mol. The number of allylic oxidation sites excluding steroid dienone is 15. The molecule has 0 radical (unpaired) electrons. The summed E-state index contributed by atoms with van der Waals surface area (Å²) < 4.78 is 16.8. The summed E-state index contributed by atoms with van der Waals surface area (Å²) in [6.45, 7) is 6.43. The van der Waals surface area contributed by atoms with Crippen LogP contribution < -0.4 is 0 Å². The molecule has 0 aliphatic heterocycles. The molecule has 0 bridgehead atoms. The van der Waals surface area contributed by atoms with Gasteiger partial charge >= 0.3 is 17.9 Å². The summed E-state index contributed by atoms with van der Waals surface area (Å²) in [5.41, 5.74) is 0. The highest BCUT2D eigenvalue weighted by Gasteiger charge is 2.19. The molecule has 0 aromatic carbocycles. The van der Waals surface area contributed by atoms with E-state index in [9.17, 15) is 14.4 Å². The zero-order chi connectivity index (χ0) is 52.9. The fourth-order valence-electron chi connectivity index (χ4n) is 8.48. The Morgan fingerprint density at radius 1 is 0.301 bits per heavy atom. The van der Waals surface area contributed by atoms with Gasteiger partial charge in [-0.05, 0) is 103 Å². The summed E-state index contributed by atoms with van der Waals surface area (Å²) in [4.78, 5) is 38.2. The highest BCUT2D eigenvalue weighted by atomic mass is 16.6. The number of ether oxygens (including phenoxy) is 3. The number of unbranched alkanes of at least 4 members (excludes halogenated alkanes) is 29. The third-order valence-electron chi connectivity index (χ3n) is 13.1. The van der Waals surface area contributed by atoms with Crippen LogP contribution in [-0.2, 0) is 28.6 Å². The van der Waals surface area contributed by atoms with E-state index >= 15 is 0 Å². The second-order valence-electron chi connectivity index (χ2n) is 20.2. The number of hydrogen-bond donors (Lipinski definition) is 0. The van der Waals surface area contributed by atoms with E-state index < -0.39 is 12.1 Å². The van der Waals surface area contributed by atoms with Gasteiger partial charge in [0.2, 0.25) is 0 Å². The maximum Gasteiger partial charge on any atom is 0.309 e. The van der Waals surface area contributed by atoms with Gasteiger partial charge < -0.3 is 14.2 Å². The van der Waals surface area contributed by atoms with Gasteiger partial charge in [0.15, 0.2) is 6.10 Å². The summed E-state index contributed by atoms with van der Waals surface area (Å²) in [5, 5.41) is 0. The van der Waals surface area contributed by atoms with E-state index in [0.717, 1.165) is 83.5 Å². The Morgan fingerprint density at radius 2 is 0.589 bits per heavy atom. The molecule has 418 valence electrons. The van der Waals surface area contributed by atoms with Crippen molar-refractivity contribution in [3.05, 3.63) is 97.2 Å². The number of carbonyl (C=O) groups is 3. The standard InChI is InChI=1S/C67H114O6/c1-4-7-10-13-16-19-22-25-28-30-31-32-33-34-35-37-39-42-45-48-51-54-57-60-66(69)72-63-64(62-71-65(68)59-56-53-50-47-44-41-38-27-24-21-18-15-12-9-6-3)73-67(70)61-58-55-52-49-46-43-40-36-29-26-23-20-17-14-11-8-5-2/h9,12,17-18,20-21,26-27,29-31,38,44,47,53,56,64H,4-8,10-11,13-16,19,22-25,28,32-37,39-43,45-46,48-52,54-55,57-63H2,1-3H3/b12-9-,20-17-,21-18-,29-26-,31-30-,38-27-,47-44-,56-53-. The molecule has 0 aromatic rings. The van der Waals surface area contributed by atoms with Crippen LogP contribution in [0.3, 0.4) is 0 Å². The van der Waals surface area contributed by atoms with E-state index in [1.165, 1.54) is 167 Å². The van der Waals surface area contributed by atoms with E-state index in [1.807, 2.05) is 6.08 Å². The summed E-state index contributed by atoms with van der Waals surface area (Å²) in [6.07, 6.45) is 81.5. The second kappa shape index (κ2) is 60.9. The fourth-order valence-corrected chi connectivity index (χ4v) is 8.48. The first-order chi connectivity index (χ1) is 36.0. The third-order valence-corrected chi connectivity index (χ3v) is 13.1. The number of carbonyl (C=O) groups excluding carboxylic acids is 3. The molecule has 0 aliphatic carbocycles. The van der Waals surface area contributed by atoms with Crippen LogP contribution in [0.2, 0.25) is 0 Å². The van der Waals surface area contributed by atoms with Crippen LogP contribution in [0.25, 0.3) is 0 Å². The SMILES string of the molecule is CC/C=C\C/C=C\C/C=C\C/C=C\C/C=C\CC(=O)OCC(COC(=O)CCCCCCCCCCCCC/C=C\CCCCCCCCCC)OC(=O)CCCCCCCCC/C=C\C/C=C\CCCCC. The van der Waals surface area contributed by atoms with Crippen molar-refractivity contribution in [3.8, 4) is 0 Å². The second-order valence-corrected chi connectivity index (χ2v) is 20.2. The molecule has 0 spiro atoms. The smallest absolute Gasteiger partial charge is 0.309 e. The van der Waals surface area contributed by atoms with Crippen molar-refractivity contribution >= 4 is 17.9 Å². The molecule has 0 saturated heterocycles. The van der Waals surface area contributed by atoms with Crippen LogP contribution in [0, 0.1) is 0 Å². The minimum atomic E-state index is -0.823. The molecule has 0 N–H and O–H groups in total. The Kier molecular flexibility index (Phi) is 57.8. The Labute approximate surface area is 451 Å². The topological polar surface area (TPSA) is 78.9 Å². The highest BCUT2D eigenvalue weighted by molar-refractivity contribution is 5.72. The van der Waals surface area contributed by atoms with Crippen molar-refractivity contribution in [2.45, 2.75) is 297 Å². The molecule has 73 heavy (non-hydrogen) atoms. The average molecular weight is 1020 g/mol. The maximum absolute atomic E-state index is 12.9. The predicted octanol–water partition coefficient (Wildman–Crippen LogP) is 20.9. The van der Waals surface area contributed by atoms with E-state index in [1.54, 1.807) is 6.08 Å². The molecule has 1 atom stereocenters. The normalized spacial score (nSPS) is 12.8. The Bertz CT molecular complexity index is 1440. The Morgan fingerprint density at radius 3 is 1.00 bits per heavy atom. The molecule has 0 fully saturated rings. The van der Waals surface area contributed by atoms with Gasteiger partial charge in [-0.2, -0.15) is 0 Å². The molecular formula is C67H114O6. The van der Waals surface area contributed by atoms with Crippen molar-refractivity contribution in [2.75, 3.05) is 13.2 Å². The maximum atomic E-state index is 12.9. The molecule has 6 heteroatoms. The zero-order valence-electron chi connectivity index (χ0n) is 47.9. The fraction of sp³-hybridized carbons (Fsp3) is 0.716. The quantitative estimate of drug-likeness (QED) is 0.0261. The molecule has 6 nitrogen and oxygen atoms in total. The van der Waals surface area contributed by atoms with Gasteiger partial charge in [-0.15, -0.1) is 0 Å². The number of hydrogen-bond acceptors (Lipinski definition) is 6. The first-order valence-electron chi connectivity index (χ1n) is 30.7. The van der Waals surface area contributed by atoms with Crippen molar-refractivity contribution in [1.82, 2.24) is 0 Å². The number of esters is 3. The van der Waals surface area contributed by atoms with Gasteiger partial charge in [-0.3, -0.25) is 14.4 Å². The zero-order valence-corrected chi connectivity index (χ0v) is 47.9. The van der Waals surface area contributed by atoms with Crippen LogP contribution in [0.1, 0.15) is 290 Å². The van der Waals surface area contributed by atoms with Crippen LogP contribution in [0.4, 0.5) is 0 Å². The summed E-state index contributed by atoms with van der Waals surface area (Å²) in [5.74, 6) is -1.05. The van der Waals surface area contributed by atoms with Crippen molar-refractivity contribution in [2.24, 2.45) is 0 Å². The van der Waals surface area contributed by atoms with Gasteiger partial charge in [0.25, 0.3) is 0 Å². The molecule has 1 unspecified atom stereocenters. The Balaban J connectivity index is 4.42. The van der Waals surface area contributed by atoms with Gasteiger partial charge in [0.05, 0.1) is 6.42 Å². The first kappa shape index (κ1) is 69.3. The van der Waals surface area contributed by atoms with E-state index in [-0.39, 0.29) is 31.6 Å². The van der Waals surface area contributed by atoms with Gasteiger partial charge in [0.1, 0.15) is 13.2 Å². The summed E-state index contributed by atoms with van der Waals surface area (Å²) in [6, 6.07) is 0. The molecule has 0 heterocycles. The lowest BCUT2D eigenvalue weighted by Crippen LogP contribution is -2.30. The van der Waals surface area contributed by atoms with Crippen molar-refractivity contribution in [3.63, 3.8) is 0 Å². The van der Waals surface area contributed by atoms with Crippen LogP contribution in [0.5, 0.6) is 0 Å². The third kappa shape index (κ3) is 59.1. The highest BCUT2D eigenvalue weighted by Crippen LogP contribution is 2.16. The molecule has 0 amide bonds. The van der Waals surface area contributed by atoms with E-state index in [4.69, 9.17) is 14.2 Å². The largest absolute Gasteiger partial charge is 0.462 e. The van der Waals surface area contributed by atoms with Gasteiger partial charge in [-0.25, -0.2) is 0 Å². The minimum Gasteiger partial charge on any atom is -0.462 e. The molecule has 0 saturated carbocycles. The van der Waals surface area contributed by atoms with Crippen LogP contribution in [0.15, 0.2) is 97.2 Å². The minimum absolute atomic E-state index is 0.111. The lowest BCUT2D eigenvalue weighted by molar-refractivity contribution is -0.166. The van der Waals surface area contributed by atoms with Crippen molar-refractivity contribution in [1.29, 1.82) is 0 Å². The average Bonchev–Trinajstić information content (AvgIpc) is 3.39. The van der Waals surface area contributed by atoms with Crippen LogP contribution >= 0.6 is 0 Å². The summed E-state index contributed by atoms with van der Waals surface area (Å²) >= 11 is 0. The summed E-state index contributed by atoms with van der Waals surface area (Å²) in [7, 11) is 0.